The average molecular weight is 499 g/mol. The molecule has 1 aliphatic carbocycles. The Hall–Kier alpha value is -1.51. The molecule has 0 aliphatic heterocycles. The van der Waals surface area contributed by atoms with E-state index in [0.29, 0.717) is 18.5 Å². The summed E-state index contributed by atoms with van der Waals surface area (Å²) in [5.74, 6) is 2.56. The summed E-state index contributed by atoms with van der Waals surface area (Å²) in [6, 6.07) is 4.43. The topological polar surface area (TPSA) is 67.4 Å². The van der Waals surface area contributed by atoms with Crippen LogP contribution in [0.4, 0.5) is 0 Å². The molecule has 7 heteroatoms. The summed E-state index contributed by atoms with van der Waals surface area (Å²) in [6.45, 7) is 7.94. The Morgan fingerprint density at radius 1 is 1.32 bits per heavy atom. The summed E-state index contributed by atoms with van der Waals surface area (Å²) in [6.07, 6.45) is 7.70. The summed E-state index contributed by atoms with van der Waals surface area (Å²) in [5.41, 5.74) is 3.44. The highest BCUT2D eigenvalue weighted by atomic mass is 127. The quantitative estimate of drug-likeness (QED) is 0.357. The molecule has 3 rings (SSSR count). The fourth-order valence-electron chi connectivity index (χ4n) is 3.82. The summed E-state index contributed by atoms with van der Waals surface area (Å²) in [7, 11) is 1.99. The third-order valence-electron chi connectivity index (χ3n) is 5.73. The number of rotatable bonds is 6. The Balaban J connectivity index is 0.00000280. The maximum atomic E-state index is 5.43. The molecule has 2 aromatic heterocycles. The SMILES string of the molecule is Cc1nn(C)c(C)c1CN=C(NCCc1ccco1)NC1CCCCC1C.I. The first-order valence-electron chi connectivity index (χ1n) is 10.1. The molecule has 2 atom stereocenters. The Bertz CT molecular complexity index is 753. The molecular formula is C21H34IN5O. The van der Waals surface area contributed by atoms with Gasteiger partial charge in [-0.25, -0.2) is 4.99 Å². The maximum Gasteiger partial charge on any atom is 0.191 e. The molecule has 1 aliphatic rings. The van der Waals surface area contributed by atoms with Gasteiger partial charge in [-0.2, -0.15) is 5.10 Å². The van der Waals surface area contributed by atoms with E-state index in [1.807, 2.05) is 23.9 Å². The van der Waals surface area contributed by atoms with Crippen LogP contribution in [-0.4, -0.2) is 28.3 Å². The summed E-state index contributed by atoms with van der Waals surface area (Å²) >= 11 is 0. The van der Waals surface area contributed by atoms with Gasteiger partial charge in [-0.1, -0.05) is 19.8 Å². The molecule has 0 radical (unpaired) electrons. The molecule has 0 aromatic carbocycles. The molecule has 2 aromatic rings. The monoisotopic (exact) mass is 499 g/mol. The standard InChI is InChI=1S/C21H33N5O.HI/c1-15-8-5-6-10-20(15)24-21(22-12-11-18-9-7-13-27-18)23-14-19-16(2)25-26(4)17(19)3;/h7,9,13,15,20H,5-6,8,10-12,14H2,1-4H3,(H2,22,23,24);1H. The van der Waals surface area contributed by atoms with E-state index in [-0.39, 0.29) is 24.0 Å². The zero-order chi connectivity index (χ0) is 19.2. The number of nitrogens with one attached hydrogen (secondary N) is 2. The van der Waals surface area contributed by atoms with E-state index >= 15 is 0 Å². The zero-order valence-electron chi connectivity index (χ0n) is 17.5. The van der Waals surface area contributed by atoms with E-state index < -0.39 is 0 Å². The highest BCUT2D eigenvalue weighted by molar-refractivity contribution is 14.0. The average Bonchev–Trinajstić information content (AvgIpc) is 3.24. The van der Waals surface area contributed by atoms with Gasteiger partial charge in [0.05, 0.1) is 18.5 Å². The number of halogens is 1. The molecule has 2 heterocycles. The molecule has 1 saturated carbocycles. The normalized spacial score (nSPS) is 19.9. The minimum absolute atomic E-state index is 0. The van der Waals surface area contributed by atoms with Crippen molar-refractivity contribution in [3.8, 4) is 0 Å². The first-order chi connectivity index (χ1) is 13.0. The highest BCUT2D eigenvalue weighted by Crippen LogP contribution is 2.23. The first kappa shape index (κ1) is 22.8. The number of furan rings is 1. The van der Waals surface area contributed by atoms with Gasteiger partial charge < -0.3 is 15.1 Å². The molecule has 156 valence electrons. The zero-order valence-corrected chi connectivity index (χ0v) is 19.8. The Morgan fingerprint density at radius 3 is 2.75 bits per heavy atom. The van der Waals surface area contributed by atoms with Crippen molar-refractivity contribution in [2.24, 2.45) is 18.0 Å². The third kappa shape index (κ3) is 5.99. The van der Waals surface area contributed by atoms with Gasteiger partial charge in [-0.3, -0.25) is 4.68 Å². The van der Waals surface area contributed by atoms with Crippen LogP contribution >= 0.6 is 24.0 Å². The van der Waals surface area contributed by atoms with Crippen LogP contribution in [-0.2, 0) is 20.0 Å². The molecule has 2 unspecified atom stereocenters. The van der Waals surface area contributed by atoms with Crippen molar-refractivity contribution in [1.29, 1.82) is 0 Å². The van der Waals surface area contributed by atoms with Gasteiger partial charge in [0, 0.05) is 37.3 Å². The number of hydrogen-bond donors (Lipinski definition) is 2. The van der Waals surface area contributed by atoms with Crippen molar-refractivity contribution in [2.75, 3.05) is 6.54 Å². The van der Waals surface area contributed by atoms with Crippen LogP contribution < -0.4 is 10.6 Å². The van der Waals surface area contributed by atoms with Crippen molar-refractivity contribution >= 4 is 29.9 Å². The lowest BCUT2D eigenvalue weighted by atomic mass is 9.86. The summed E-state index contributed by atoms with van der Waals surface area (Å²) in [5, 5.41) is 11.7. The van der Waals surface area contributed by atoms with Gasteiger partial charge in [-0.15, -0.1) is 24.0 Å². The van der Waals surface area contributed by atoms with Crippen LogP contribution in [0.2, 0.25) is 0 Å². The van der Waals surface area contributed by atoms with Gasteiger partial charge in [-0.05, 0) is 44.7 Å². The number of nitrogens with zero attached hydrogens (tertiary/aromatic N) is 3. The number of hydrogen-bond acceptors (Lipinski definition) is 3. The lowest BCUT2D eigenvalue weighted by Crippen LogP contribution is -2.47. The Morgan fingerprint density at radius 2 is 2.11 bits per heavy atom. The van der Waals surface area contributed by atoms with Crippen LogP contribution in [0.15, 0.2) is 27.8 Å². The molecule has 0 saturated heterocycles. The number of aromatic nitrogens is 2. The molecule has 2 N–H and O–H groups in total. The van der Waals surface area contributed by atoms with Crippen molar-refractivity contribution < 1.29 is 4.42 Å². The van der Waals surface area contributed by atoms with Crippen molar-refractivity contribution in [2.45, 2.75) is 65.5 Å². The van der Waals surface area contributed by atoms with Crippen LogP contribution in [0.5, 0.6) is 0 Å². The fourth-order valence-corrected chi connectivity index (χ4v) is 3.82. The molecule has 0 bridgehead atoms. The molecule has 0 amide bonds. The Kier molecular flexibility index (Phi) is 8.85. The second kappa shape index (κ2) is 10.9. The third-order valence-corrected chi connectivity index (χ3v) is 5.73. The second-order valence-electron chi connectivity index (χ2n) is 7.71. The van der Waals surface area contributed by atoms with Gasteiger partial charge in [0.15, 0.2) is 5.96 Å². The van der Waals surface area contributed by atoms with Gasteiger partial charge in [0.2, 0.25) is 0 Å². The molecule has 1 fully saturated rings. The van der Waals surface area contributed by atoms with E-state index in [2.05, 4.69) is 36.5 Å². The van der Waals surface area contributed by atoms with E-state index in [1.54, 1.807) is 6.26 Å². The molecule has 6 nitrogen and oxygen atoms in total. The lowest BCUT2D eigenvalue weighted by Gasteiger charge is -2.31. The summed E-state index contributed by atoms with van der Waals surface area (Å²) in [4.78, 5) is 4.89. The van der Waals surface area contributed by atoms with Gasteiger partial charge in [0.1, 0.15) is 5.76 Å². The summed E-state index contributed by atoms with van der Waals surface area (Å²) < 4.78 is 7.37. The second-order valence-corrected chi connectivity index (χ2v) is 7.71. The maximum absolute atomic E-state index is 5.43. The molecule has 0 spiro atoms. The van der Waals surface area contributed by atoms with Crippen LogP contribution in [0, 0.1) is 19.8 Å². The van der Waals surface area contributed by atoms with E-state index in [9.17, 15) is 0 Å². The van der Waals surface area contributed by atoms with Crippen molar-refractivity contribution in [1.82, 2.24) is 20.4 Å². The molecular weight excluding hydrogens is 465 g/mol. The Labute approximate surface area is 185 Å². The number of aryl methyl sites for hydroxylation is 2. The number of guanidine groups is 1. The molecule has 28 heavy (non-hydrogen) atoms. The van der Waals surface area contributed by atoms with E-state index in [4.69, 9.17) is 9.41 Å². The van der Waals surface area contributed by atoms with E-state index in [1.165, 1.54) is 36.9 Å². The predicted octanol–water partition coefficient (Wildman–Crippen LogP) is 4.10. The van der Waals surface area contributed by atoms with Crippen LogP contribution in [0.3, 0.4) is 0 Å². The lowest BCUT2D eigenvalue weighted by molar-refractivity contribution is 0.306. The van der Waals surface area contributed by atoms with Crippen LogP contribution in [0.1, 0.15) is 55.3 Å². The van der Waals surface area contributed by atoms with E-state index in [0.717, 1.165) is 30.4 Å². The van der Waals surface area contributed by atoms with Crippen molar-refractivity contribution in [3.05, 3.63) is 41.1 Å². The smallest absolute Gasteiger partial charge is 0.191 e. The largest absolute Gasteiger partial charge is 0.469 e. The minimum atomic E-state index is 0. The minimum Gasteiger partial charge on any atom is -0.469 e. The van der Waals surface area contributed by atoms with Crippen LogP contribution in [0.25, 0.3) is 0 Å². The first-order valence-corrected chi connectivity index (χ1v) is 10.1. The fraction of sp³-hybridized carbons (Fsp3) is 0.619. The highest BCUT2D eigenvalue weighted by Gasteiger charge is 2.22. The predicted molar refractivity (Wildman–Crippen MR) is 124 cm³/mol. The van der Waals surface area contributed by atoms with Gasteiger partial charge >= 0.3 is 0 Å². The van der Waals surface area contributed by atoms with Gasteiger partial charge in [0.25, 0.3) is 0 Å². The number of aliphatic imine (C=N–C) groups is 1. The van der Waals surface area contributed by atoms with Crippen molar-refractivity contribution in [3.63, 3.8) is 0 Å².